The fourth-order valence-corrected chi connectivity index (χ4v) is 2.61. The van der Waals surface area contributed by atoms with E-state index in [1.165, 1.54) is 0 Å². The third-order valence-electron chi connectivity index (χ3n) is 3.13. The van der Waals surface area contributed by atoms with E-state index in [1.807, 2.05) is 13.8 Å². The Morgan fingerprint density at radius 2 is 2.10 bits per heavy atom. The number of nitrogens with zero attached hydrogens (tertiary/aromatic N) is 1. The first-order valence-electron chi connectivity index (χ1n) is 6.66. The molecule has 110 valence electrons. The van der Waals surface area contributed by atoms with Crippen LogP contribution < -0.4 is 11.1 Å². The van der Waals surface area contributed by atoms with Gasteiger partial charge in [0.05, 0.1) is 29.5 Å². The van der Waals surface area contributed by atoms with Gasteiger partial charge in [-0.2, -0.15) is 0 Å². The number of halogens is 1. The number of hydrogen-bond acceptors (Lipinski definition) is 4. The van der Waals surface area contributed by atoms with Crippen molar-refractivity contribution in [3.63, 3.8) is 0 Å². The zero-order chi connectivity index (χ0) is 14.7. The lowest BCUT2D eigenvalue weighted by molar-refractivity contribution is -0.121. The van der Waals surface area contributed by atoms with Crippen LogP contribution in [0.25, 0.3) is 0 Å². The van der Waals surface area contributed by atoms with Gasteiger partial charge in [-0.05, 0) is 32.0 Å². The molecule has 1 fully saturated rings. The highest BCUT2D eigenvalue weighted by Gasteiger charge is 2.23. The third-order valence-corrected chi connectivity index (χ3v) is 3.46. The molecule has 0 spiro atoms. The van der Waals surface area contributed by atoms with Gasteiger partial charge in [0.15, 0.2) is 0 Å². The molecule has 3 N–H and O–H groups in total. The molecule has 0 radical (unpaired) electrons. The summed E-state index contributed by atoms with van der Waals surface area (Å²) in [6, 6.07) is 5.03. The maximum Gasteiger partial charge on any atom is 0.238 e. The molecule has 6 heteroatoms. The number of hydrogen-bond donors (Lipinski definition) is 2. The predicted octanol–water partition coefficient (Wildman–Crippen LogP) is 1.97. The van der Waals surface area contributed by atoms with Crippen LogP contribution in [-0.2, 0) is 9.53 Å². The van der Waals surface area contributed by atoms with Crippen LogP contribution in [0.15, 0.2) is 18.2 Å². The third kappa shape index (κ3) is 4.10. The van der Waals surface area contributed by atoms with Crippen molar-refractivity contribution >= 4 is 28.9 Å². The predicted molar refractivity (Wildman–Crippen MR) is 80.9 cm³/mol. The number of morpholine rings is 1. The van der Waals surface area contributed by atoms with Gasteiger partial charge in [0.2, 0.25) is 5.91 Å². The highest BCUT2D eigenvalue weighted by atomic mass is 35.5. The highest BCUT2D eigenvalue weighted by Crippen LogP contribution is 2.24. The topological polar surface area (TPSA) is 67.6 Å². The Bertz CT molecular complexity index is 485. The van der Waals surface area contributed by atoms with Crippen molar-refractivity contribution in [1.29, 1.82) is 0 Å². The van der Waals surface area contributed by atoms with E-state index in [2.05, 4.69) is 10.2 Å². The fourth-order valence-electron chi connectivity index (χ4n) is 2.44. The van der Waals surface area contributed by atoms with Crippen molar-refractivity contribution in [3.05, 3.63) is 23.2 Å². The van der Waals surface area contributed by atoms with Gasteiger partial charge in [-0.25, -0.2) is 0 Å². The van der Waals surface area contributed by atoms with Gasteiger partial charge in [0.25, 0.3) is 0 Å². The first-order valence-corrected chi connectivity index (χ1v) is 7.04. The van der Waals surface area contributed by atoms with Gasteiger partial charge in [0.1, 0.15) is 0 Å². The monoisotopic (exact) mass is 297 g/mol. The van der Waals surface area contributed by atoms with Crippen LogP contribution in [0.4, 0.5) is 11.4 Å². The van der Waals surface area contributed by atoms with E-state index in [0.29, 0.717) is 22.9 Å². The summed E-state index contributed by atoms with van der Waals surface area (Å²) in [5.74, 6) is -0.0983. The molecule has 0 aliphatic carbocycles. The Kier molecular flexibility index (Phi) is 4.86. The SMILES string of the molecule is C[C@@H]1CN(CC(=O)Nc2cc(N)ccc2Cl)C[C@H](C)O1. The number of nitrogens with two attached hydrogens (primary N) is 1. The summed E-state index contributed by atoms with van der Waals surface area (Å²) in [5.41, 5.74) is 6.80. The summed E-state index contributed by atoms with van der Waals surface area (Å²) in [6.07, 6.45) is 0.282. The zero-order valence-electron chi connectivity index (χ0n) is 11.7. The van der Waals surface area contributed by atoms with Crippen LogP contribution >= 0.6 is 11.6 Å². The van der Waals surface area contributed by atoms with Crippen molar-refractivity contribution in [2.45, 2.75) is 26.1 Å². The van der Waals surface area contributed by atoms with E-state index in [0.717, 1.165) is 13.1 Å². The van der Waals surface area contributed by atoms with Gasteiger partial charge >= 0.3 is 0 Å². The minimum atomic E-state index is -0.0983. The minimum Gasteiger partial charge on any atom is -0.399 e. The maximum atomic E-state index is 12.1. The average Bonchev–Trinajstić information content (AvgIpc) is 2.32. The molecule has 1 heterocycles. The average molecular weight is 298 g/mol. The Hall–Kier alpha value is -1.30. The molecule has 5 nitrogen and oxygen atoms in total. The van der Waals surface area contributed by atoms with Gasteiger partial charge in [-0.1, -0.05) is 11.6 Å². The van der Waals surface area contributed by atoms with Crippen LogP contribution in [0.1, 0.15) is 13.8 Å². The summed E-state index contributed by atoms with van der Waals surface area (Å²) in [4.78, 5) is 14.1. The summed E-state index contributed by atoms with van der Waals surface area (Å²) in [6.45, 7) is 5.85. The van der Waals surface area contributed by atoms with Gasteiger partial charge in [0, 0.05) is 18.8 Å². The number of ether oxygens (including phenoxy) is 1. The Labute approximate surface area is 124 Å². The van der Waals surface area contributed by atoms with E-state index in [9.17, 15) is 4.79 Å². The van der Waals surface area contributed by atoms with E-state index in [-0.39, 0.29) is 18.1 Å². The fraction of sp³-hybridized carbons (Fsp3) is 0.500. The number of rotatable bonds is 3. The van der Waals surface area contributed by atoms with E-state index in [1.54, 1.807) is 18.2 Å². The first-order chi connectivity index (χ1) is 9.44. The van der Waals surface area contributed by atoms with Crippen LogP contribution in [0.3, 0.4) is 0 Å². The molecule has 1 saturated heterocycles. The Morgan fingerprint density at radius 3 is 2.75 bits per heavy atom. The van der Waals surface area contributed by atoms with E-state index < -0.39 is 0 Å². The molecule has 1 aromatic carbocycles. The smallest absolute Gasteiger partial charge is 0.238 e. The second-order valence-corrected chi connectivity index (χ2v) is 5.65. The molecule has 1 aromatic rings. The maximum absolute atomic E-state index is 12.1. The molecular weight excluding hydrogens is 278 g/mol. The number of nitrogens with one attached hydrogen (secondary N) is 1. The molecule has 1 aliphatic rings. The molecule has 2 rings (SSSR count). The van der Waals surface area contributed by atoms with Crippen molar-refractivity contribution < 1.29 is 9.53 Å². The molecule has 20 heavy (non-hydrogen) atoms. The molecule has 0 unspecified atom stereocenters. The number of nitrogen functional groups attached to an aromatic ring is 1. The number of carbonyl (C=O) groups is 1. The zero-order valence-corrected chi connectivity index (χ0v) is 12.5. The lowest BCUT2D eigenvalue weighted by atomic mass is 10.2. The number of amides is 1. The Morgan fingerprint density at radius 1 is 1.45 bits per heavy atom. The summed E-state index contributed by atoms with van der Waals surface area (Å²) in [5, 5.41) is 3.28. The van der Waals surface area contributed by atoms with Crippen LogP contribution in [-0.4, -0.2) is 42.6 Å². The van der Waals surface area contributed by atoms with Crippen LogP contribution in [0.2, 0.25) is 5.02 Å². The lowest BCUT2D eigenvalue weighted by Crippen LogP contribution is -2.48. The van der Waals surface area contributed by atoms with Crippen molar-refractivity contribution in [2.75, 3.05) is 30.7 Å². The summed E-state index contributed by atoms with van der Waals surface area (Å²) >= 11 is 6.03. The van der Waals surface area contributed by atoms with Gasteiger partial charge < -0.3 is 15.8 Å². The normalized spacial score (nSPS) is 23.6. The molecule has 0 bridgehead atoms. The highest BCUT2D eigenvalue weighted by molar-refractivity contribution is 6.33. The lowest BCUT2D eigenvalue weighted by Gasteiger charge is -2.34. The minimum absolute atomic E-state index is 0.0983. The summed E-state index contributed by atoms with van der Waals surface area (Å²) in [7, 11) is 0. The molecule has 0 saturated carbocycles. The van der Waals surface area contributed by atoms with Crippen molar-refractivity contribution in [3.8, 4) is 0 Å². The number of benzene rings is 1. The molecule has 2 atom stereocenters. The second-order valence-electron chi connectivity index (χ2n) is 5.24. The number of anilines is 2. The van der Waals surface area contributed by atoms with Crippen LogP contribution in [0.5, 0.6) is 0 Å². The van der Waals surface area contributed by atoms with E-state index in [4.69, 9.17) is 22.1 Å². The molecule has 1 amide bonds. The van der Waals surface area contributed by atoms with Gasteiger partial charge in [-0.3, -0.25) is 9.69 Å². The van der Waals surface area contributed by atoms with Crippen molar-refractivity contribution in [1.82, 2.24) is 4.90 Å². The standard InChI is InChI=1S/C14H20ClN3O2/c1-9-6-18(7-10(2)20-9)8-14(19)17-13-5-11(16)3-4-12(13)15/h3-5,9-10H,6-8,16H2,1-2H3,(H,17,19)/t9-,10+. The van der Waals surface area contributed by atoms with E-state index >= 15 is 0 Å². The quantitative estimate of drug-likeness (QED) is 0.837. The molecule has 0 aromatic heterocycles. The molecule has 1 aliphatic heterocycles. The largest absolute Gasteiger partial charge is 0.399 e. The number of carbonyl (C=O) groups excluding carboxylic acids is 1. The molecular formula is C14H20ClN3O2. The second kappa shape index (κ2) is 6.43. The van der Waals surface area contributed by atoms with Crippen molar-refractivity contribution in [2.24, 2.45) is 0 Å². The Balaban J connectivity index is 1.93. The first kappa shape index (κ1) is 15.1. The van der Waals surface area contributed by atoms with Gasteiger partial charge in [-0.15, -0.1) is 0 Å². The van der Waals surface area contributed by atoms with Crippen LogP contribution in [0, 0.1) is 0 Å². The summed E-state index contributed by atoms with van der Waals surface area (Å²) < 4.78 is 5.64.